The first-order chi connectivity index (χ1) is 8.74. The molecule has 1 aliphatic rings. The predicted octanol–water partition coefficient (Wildman–Crippen LogP) is 2.51. The van der Waals surface area contributed by atoms with E-state index < -0.39 is 23.7 Å². The summed E-state index contributed by atoms with van der Waals surface area (Å²) in [5.41, 5.74) is 0.378. The number of piperidine rings is 1. The zero-order valence-electron chi connectivity index (χ0n) is 12.2. The lowest BCUT2D eigenvalue weighted by molar-refractivity contribution is -0.149. The first-order valence-electron chi connectivity index (χ1n) is 6.57. The van der Waals surface area contributed by atoms with Crippen molar-refractivity contribution < 1.29 is 19.1 Å². The van der Waals surface area contributed by atoms with Gasteiger partial charge in [0.1, 0.15) is 11.6 Å². The van der Waals surface area contributed by atoms with Crippen molar-refractivity contribution in [2.45, 2.75) is 52.2 Å². The molecule has 0 radical (unpaired) electrons. The Kier molecular flexibility index (Phi) is 4.97. The van der Waals surface area contributed by atoms with Gasteiger partial charge in [-0.2, -0.15) is 0 Å². The van der Waals surface area contributed by atoms with Crippen molar-refractivity contribution in [1.82, 2.24) is 4.90 Å². The van der Waals surface area contributed by atoms with E-state index in [0.717, 1.165) is 5.57 Å². The van der Waals surface area contributed by atoms with Crippen LogP contribution in [0.2, 0.25) is 0 Å². The lowest BCUT2D eigenvalue weighted by Crippen LogP contribution is -2.50. The molecule has 5 heteroatoms. The SMILES string of the molecule is C=C1CCN(C(=O)OC(C)(C)C)[C@H](C(=O)OCC)C1. The van der Waals surface area contributed by atoms with Crippen molar-refractivity contribution in [3.8, 4) is 0 Å². The van der Waals surface area contributed by atoms with Gasteiger partial charge in [-0.1, -0.05) is 12.2 Å². The van der Waals surface area contributed by atoms with Crippen LogP contribution in [0.1, 0.15) is 40.5 Å². The second-order valence-electron chi connectivity index (χ2n) is 5.65. The van der Waals surface area contributed by atoms with Gasteiger partial charge in [-0.05, 0) is 40.5 Å². The number of amides is 1. The Morgan fingerprint density at radius 3 is 2.58 bits per heavy atom. The van der Waals surface area contributed by atoms with Crippen LogP contribution in [0.4, 0.5) is 4.79 Å². The molecule has 1 aliphatic heterocycles. The average molecular weight is 269 g/mol. The summed E-state index contributed by atoms with van der Waals surface area (Å²) < 4.78 is 10.3. The van der Waals surface area contributed by atoms with Crippen molar-refractivity contribution in [2.24, 2.45) is 0 Å². The zero-order chi connectivity index (χ0) is 14.6. The summed E-state index contributed by atoms with van der Waals surface area (Å²) in [5.74, 6) is -0.394. The third-order valence-electron chi connectivity index (χ3n) is 2.75. The highest BCUT2D eigenvalue weighted by Gasteiger charge is 2.36. The molecule has 0 N–H and O–H groups in total. The highest BCUT2D eigenvalue weighted by atomic mass is 16.6. The van der Waals surface area contributed by atoms with Gasteiger partial charge in [0.2, 0.25) is 0 Å². The first kappa shape index (κ1) is 15.5. The lowest BCUT2D eigenvalue weighted by Gasteiger charge is -2.36. The smallest absolute Gasteiger partial charge is 0.411 e. The minimum absolute atomic E-state index is 0.296. The van der Waals surface area contributed by atoms with E-state index in [1.54, 1.807) is 27.7 Å². The highest BCUT2D eigenvalue weighted by Crippen LogP contribution is 2.24. The molecule has 0 aromatic rings. The van der Waals surface area contributed by atoms with Crippen LogP contribution >= 0.6 is 0 Å². The maximum absolute atomic E-state index is 12.1. The molecule has 0 spiro atoms. The molecule has 1 rings (SSSR count). The fourth-order valence-corrected chi connectivity index (χ4v) is 1.91. The van der Waals surface area contributed by atoms with Crippen LogP contribution < -0.4 is 0 Å². The summed E-state index contributed by atoms with van der Waals surface area (Å²) in [4.78, 5) is 25.5. The molecule has 1 fully saturated rings. The van der Waals surface area contributed by atoms with E-state index in [4.69, 9.17) is 9.47 Å². The zero-order valence-corrected chi connectivity index (χ0v) is 12.2. The molecule has 0 unspecified atom stereocenters. The highest BCUT2D eigenvalue weighted by molar-refractivity contribution is 5.82. The van der Waals surface area contributed by atoms with E-state index in [0.29, 0.717) is 26.0 Å². The van der Waals surface area contributed by atoms with Gasteiger partial charge in [-0.25, -0.2) is 9.59 Å². The summed E-state index contributed by atoms with van der Waals surface area (Å²) in [7, 11) is 0. The molecule has 0 saturated carbocycles. The van der Waals surface area contributed by atoms with E-state index in [2.05, 4.69) is 6.58 Å². The fraction of sp³-hybridized carbons (Fsp3) is 0.714. The molecule has 1 amide bonds. The predicted molar refractivity (Wildman–Crippen MR) is 71.7 cm³/mol. The average Bonchev–Trinajstić information content (AvgIpc) is 2.26. The maximum Gasteiger partial charge on any atom is 0.411 e. The van der Waals surface area contributed by atoms with Gasteiger partial charge < -0.3 is 9.47 Å². The number of rotatable bonds is 2. The normalized spacial score (nSPS) is 20.1. The van der Waals surface area contributed by atoms with Gasteiger partial charge in [-0.3, -0.25) is 4.90 Å². The molecule has 0 aliphatic carbocycles. The van der Waals surface area contributed by atoms with Crippen molar-refractivity contribution in [3.63, 3.8) is 0 Å². The molecule has 5 nitrogen and oxygen atoms in total. The van der Waals surface area contributed by atoms with Gasteiger partial charge in [0.05, 0.1) is 6.61 Å². The Balaban J connectivity index is 2.80. The molecular weight excluding hydrogens is 246 g/mol. The number of carbonyl (C=O) groups is 2. The van der Waals surface area contributed by atoms with Crippen molar-refractivity contribution in [3.05, 3.63) is 12.2 Å². The number of esters is 1. The molecule has 0 aromatic heterocycles. The molecule has 1 heterocycles. The number of carbonyl (C=O) groups excluding carboxylic acids is 2. The quantitative estimate of drug-likeness (QED) is 0.571. The number of hydrogen-bond acceptors (Lipinski definition) is 4. The minimum atomic E-state index is -0.615. The third-order valence-corrected chi connectivity index (χ3v) is 2.75. The minimum Gasteiger partial charge on any atom is -0.464 e. The Bertz CT molecular complexity index is 370. The second-order valence-corrected chi connectivity index (χ2v) is 5.65. The Morgan fingerprint density at radius 2 is 2.05 bits per heavy atom. The van der Waals surface area contributed by atoms with Crippen LogP contribution in [-0.2, 0) is 14.3 Å². The van der Waals surface area contributed by atoms with Crippen LogP contribution in [0.5, 0.6) is 0 Å². The van der Waals surface area contributed by atoms with Crippen LogP contribution in [0.3, 0.4) is 0 Å². The monoisotopic (exact) mass is 269 g/mol. The van der Waals surface area contributed by atoms with Crippen molar-refractivity contribution in [1.29, 1.82) is 0 Å². The van der Waals surface area contributed by atoms with Crippen LogP contribution in [-0.4, -0.2) is 41.8 Å². The van der Waals surface area contributed by atoms with Crippen LogP contribution in [0, 0.1) is 0 Å². The summed E-state index contributed by atoms with van der Waals surface area (Å²) >= 11 is 0. The number of likely N-dealkylation sites (tertiary alicyclic amines) is 1. The summed E-state index contributed by atoms with van der Waals surface area (Å²) in [6, 6.07) is -0.615. The molecule has 0 bridgehead atoms. The van der Waals surface area contributed by atoms with E-state index in [-0.39, 0.29) is 0 Å². The molecule has 0 aromatic carbocycles. The van der Waals surface area contributed by atoms with Gasteiger partial charge >= 0.3 is 12.1 Å². The summed E-state index contributed by atoms with van der Waals surface area (Å²) in [6.45, 7) is 11.8. The topological polar surface area (TPSA) is 55.8 Å². The summed E-state index contributed by atoms with van der Waals surface area (Å²) in [5, 5.41) is 0. The van der Waals surface area contributed by atoms with Crippen molar-refractivity contribution >= 4 is 12.1 Å². The van der Waals surface area contributed by atoms with Gasteiger partial charge in [0.25, 0.3) is 0 Å². The second kappa shape index (κ2) is 6.08. The number of ether oxygens (including phenoxy) is 2. The van der Waals surface area contributed by atoms with Crippen LogP contribution in [0.15, 0.2) is 12.2 Å². The lowest BCUT2D eigenvalue weighted by atomic mass is 9.98. The third kappa shape index (κ3) is 4.58. The van der Waals surface area contributed by atoms with Gasteiger partial charge in [-0.15, -0.1) is 0 Å². The van der Waals surface area contributed by atoms with E-state index in [9.17, 15) is 9.59 Å². The molecule has 1 saturated heterocycles. The Hall–Kier alpha value is -1.52. The molecule has 19 heavy (non-hydrogen) atoms. The largest absolute Gasteiger partial charge is 0.464 e. The fourth-order valence-electron chi connectivity index (χ4n) is 1.91. The summed E-state index contributed by atoms with van der Waals surface area (Å²) in [6.07, 6.45) is 0.658. The van der Waals surface area contributed by atoms with Gasteiger partial charge in [0, 0.05) is 6.54 Å². The molecular formula is C14H23NO4. The van der Waals surface area contributed by atoms with Gasteiger partial charge in [0.15, 0.2) is 0 Å². The maximum atomic E-state index is 12.1. The standard InChI is InChI=1S/C14H23NO4/c1-6-18-12(16)11-9-10(2)7-8-15(11)13(17)19-14(3,4)5/h11H,2,6-9H2,1,3-5H3/t11-/m0/s1. The molecule has 1 atom stereocenters. The van der Waals surface area contributed by atoms with E-state index in [1.807, 2.05) is 0 Å². The van der Waals surface area contributed by atoms with E-state index in [1.165, 1.54) is 4.90 Å². The number of nitrogens with zero attached hydrogens (tertiary/aromatic N) is 1. The van der Waals surface area contributed by atoms with Crippen molar-refractivity contribution in [2.75, 3.05) is 13.2 Å². The number of hydrogen-bond donors (Lipinski definition) is 0. The Labute approximate surface area is 114 Å². The Morgan fingerprint density at radius 1 is 1.42 bits per heavy atom. The van der Waals surface area contributed by atoms with Crippen LogP contribution in [0.25, 0.3) is 0 Å². The van der Waals surface area contributed by atoms with E-state index >= 15 is 0 Å². The molecule has 108 valence electrons. The first-order valence-corrected chi connectivity index (χ1v) is 6.57.